The summed E-state index contributed by atoms with van der Waals surface area (Å²) in [5.74, 6) is -1.07. The fraction of sp³-hybridized carbons (Fsp3) is 0.478. The molecular formula is C23H26F2N5O+. The molecule has 0 bridgehead atoms. The molecule has 1 aromatic heterocycles. The van der Waals surface area contributed by atoms with Crippen molar-refractivity contribution in [3.63, 3.8) is 0 Å². The van der Waals surface area contributed by atoms with Crippen LogP contribution in [0.1, 0.15) is 50.1 Å². The first-order valence-electron chi connectivity index (χ1n) is 10.8. The molecule has 3 atom stereocenters. The number of hydrogen-bond acceptors (Lipinski definition) is 4. The molecule has 2 unspecified atom stereocenters. The number of anilines is 1. The number of hydrogen-bond donors (Lipinski definition) is 1. The minimum absolute atomic E-state index is 0.0204. The van der Waals surface area contributed by atoms with E-state index in [0.717, 1.165) is 50.5 Å². The van der Waals surface area contributed by atoms with Crippen molar-refractivity contribution in [2.75, 3.05) is 18.0 Å². The van der Waals surface area contributed by atoms with Crippen molar-refractivity contribution < 1.29 is 13.6 Å². The fourth-order valence-corrected chi connectivity index (χ4v) is 4.51. The van der Waals surface area contributed by atoms with Crippen LogP contribution in [0, 0.1) is 29.5 Å². The molecule has 2 heterocycles. The lowest BCUT2D eigenvalue weighted by atomic mass is 9.82. The van der Waals surface area contributed by atoms with Gasteiger partial charge < -0.3 is 10.6 Å². The van der Waals surface area contributed by atoms with Crippen LogP contribution in [0.4, 0.5) is 20.4 Å². The zero-order chi connectivity index (χ0) is 21.8. The van der Waals surface area contributed by atoms with Gasteiger partial charge in [0.2, 0.25) is 5.91 Å². The fourth-order valence-electron chi connectivity index (χ4n) is 4.51. The van der Waals surface area contributed by atoms with E-state index in [4.69, 9.17) is 5.73 Å². The van der Waals surface area contributed by atoms with Crippen molar-refractivity contribution in [1.82, 2.24) is 9.97 Å². The number of halogens is 2. The number of piperidine rings is 1. The van der Waals surface area contributed by atoms with E-state index in [2.05, 4.69) is 25.8 Å². The molecule has 1 saturated carbocycles. The lowest BCUT2D eigenvalue weighted by Gasteiger charge is -2.33. The van der Waals surface area contributed by atoms with E-state index >= 15 is 0 Å². The summed E-state index contributed by atoms with van der Waals surface area (Å²) >= 11 is 0. The SMILES string of the molecule is NC(=O)[C@@H]1CCCC(C#[N+]c2ncc(F)c(C3CCCN(c4ccc(F)cc4)C3)n2)C1. The Hall–Kier alpha value is -3.08. The Morgan fingerprint density at radius 3 is 2.74 bits per heavy atom. The maximum Gasteiger partial charge on any atom is 0.530 e. The number of amides is 1. The van der Waals surface area contributed by atoms with Crippen molar-refractivity contribution in [3.8, 4) is 6.07 Å². The van der Waals surface area contributed by atoms with Gasteiger partial charge in [0.25, 0.3) is 0 Å². The van der Waals surface area contributed by atoms with Crippen molar-refractivity contribution in [1.29, 1.82) is 0 Å². The standard InChI is InChI=1S/C23H25F2N5O/c24-18-6-8-19(9-7-18)30-10-2-5-17(14-30)21-20(25)13-28-23(29-21)27-12-15-3-1-4-16(11-15)22(26)31/h6-9,13,15-17H,1-5,10-11,14H2,(H-,26,31)/p+1/t15?,16-,17?/m1/s1. The summed E-state index contributed by atoms with van der Waals surface area (Å²) < 4.78 is 27.8. The van der Waals surface area contributed by atoms with Gasteiger partial charge in [-0.2, -0.15) is 9.24 Å². The smallest absolute Gasteiger partial charge is 0.371 e. The highest BCUT2D eigenvalue weighted by molar-refractivity contribution is 5.76. The Morgan fingerprint density at radius 2 is 1.97 bits per heavy atom. The van der Waals surface area contributed by atoms with Crippen LogP contribution < -0.4 is 10.6 Å². The van der Waals surface area contributed by atoms with Crippen LogP contribution in [0.5, 0.6) is 0 Å². The van der Waals surface area contributed by atoms with Crippen molar-refractivity contribution in [3.05, 3.63) is 52.6 Å². The number of nitrogens with zero attached hydrogens (tertiary/aromatic N) is 4. The van der Waals surface area contributed by atoms with Gasteiger partial charge in [0.1, 0.15) is 18.1 Å². The van der Waals surface area contributed by atoms with Crippen molar-refractivity contribution in [2.24, 2.45) is 17.6 Å². The minimum Gasteiger partial charge on any atom is -0.371 e. The van der Waals surface area contributed by atoms with Gasteiger partial charge in [-0.1, -0.05) is 16.4 Å². The number of carbonyl (C=O) groups excluding carboxylic acids is 1. The Kier molecular flexibility index (Phi) is 6.40. The lowest BCUT2D eigenvalue weighted by Crippen LogP contribution is -2.35. The number of carbonyl (C=O) groups is 1. The first-order valence-corrected chi connectivity index (χ1v) is 10.8. The number of benzene rings is 1. The summed E-state index contributed by atoms with van der Waals surface area (Å²) in [6.45, 7) is 1.42. The average Bonchev–Trinajstić information content (AvgIpc) is 2.79. The molecule has 2 fully saturated rings. The molecule has 1 aliphatic carbocycles. The number of rotatable bonds is 3. The van der Waals surface area contributed by atoms with Crippen LogP contribution >= 0.6 is 0 Å². The van der Waals surface area contributed by atoms with Crippen LogP contribution in [0.3, 0.4) is 0 Å². The topological polar surface area (TPSA) is 76.5 Å². The van der Waals surface area contributed by atoms with Crippen LogP contribution in [-0.4, -0.2) is 29.0 Å². The van der Waals surface area contributed by atoms with Gasteiger partial charge in [-0.15, -0.1) is 0 Å². The molecule has 0 radical (unpaired) electrons. The predicted molar refractivity (Wildman–Crippen MR) is 114 cm³/mol. The third kappa shape index (κ3) is 5.16. The highest BCUT2D eigenvalue weighted by Crippen LogP contribution is 2.32. The van der Waals surface area contributed by atoms with E-state index in [1.54, 1.807) is 12.1 Å². The quantitative estimate of drug-likeness (QED) is 0.790. The highest BCUT2D eigenvalue weighted by Gasteiger charge is 2.30. The first kappa shape index (κ1) is 21.2. The van der Waals surface area contributed by atoms with E-state index in [0.29, 0.717) is 18.7 Å². The second kappa shape index (κ2) is 9.38. The van der Waals surface area contributed by atoms with E-state index < -0.39 is 5.82 Å². The summed E-state index contributed by atoms with van der Waals surface area (Å²) in [5, 5.41) is 0. The van der Waals surface area contributed by atoms with E-state index in [9.17, 15) is 13.6 Å². The van der Waals surface area contributed by atoms with E-state index in [-0.39, 0.29) is 35.4 Å². The second-order valence-electron chi connectivity index (χ2n) is 8.37. The predicted octanol–water partition coefficient (Wildman–Crippen LogP) is 4.39. The van der Waals surface area contributed by atoms with Crippen molar-refractivity contribution in [2.45, 2.75) is 44.4 Å². The number of aromatic nitrogens is 2. The van der Waals surface area contributed by atoms with Gasteiger partial charge in [0.05, 0.1) is 5.92 Å². The molecule has 2 aromatic rings. The molecule has 1 amide bonds. The minimum atomic E-state index is -0.448. The number of primary amides is 1. The molecule has 1 aliphatic heterocycles. The average molecular weight is 426 g/mol. The third-order valence-electron chi connectivity index (χ3n) is 6.18. The van der Waals surface area contributed by atoms with Gasteiger partial charge in [0.15, 0.2) is 11.5 Å². The van der Waals surface area contributed by atoms with Crippen LogP contribution in [-0.2, 0) is 4.79 Å². The Labute approximate surface area is 180 Å². The first-order chi connectivity index (χ1) is 15.0. The Morgan fingerprint density at radius 1 is 1.16 bits per heavy atom. The zero-order valence-electron chi connectivity index (χ0n) is 17.3. The maximum absolute atomic E-state index is 14.6. The maximum atomic E-state index is 14.6. The summed E-state index contributed by atoms with van der Waals surface area (Å²) in [7, 11) is 0. The van der Waals surface area contributed by atoms with Gasteiger partial charge in [-0.25, -0.2) is 4.39 Å². The summed E-state index contributed by atoms with van der Waals surface area (Å²) in [6.07, 6.45) is 6.06. The molecule has 6 nitrogen and oxygen atoms in total. The van der Waals surface area contributed by atoms with Gasteiger partial charge in [0, 0.05) is 30.6 Å². The molecule has 31 heavy (non-hydrogen) atoms. The van der Waals surface area contributed by atoms with Gasteiger partial charge >= 0.3 is 5.95 Å². The second-order valence-corrected chi connectivity index (χ2v) is 8.37. The summed E-state index contributed by atoms with van der Waals surface area (Å²) in [6, 6.07) is 9.38. The molecule has 162 valence electrons. The molecule has 8 heteroatoms. The molecule has 2 aliphatic rings. The highest BCUT2D eigenvalue weighted by atomic mass is 19.1. The Bertz CT molecular complexity index is 1000. The monoisotopic (exact) mass is 426 g/mol. The summed E-state index contributed by atoms with van der Waals surface area (Å²) in [5.41, 5.74) is 6.69. The molecule has 0 spiro atoms. The van der Waals surface area contributed by atoms with Crippen LogP contribution in [0.15, 0.2) is 30.5 Å². The van der Waals surface area contributed by atoms with Gasteiger partial charge in [-0.05, 0) is 56.4 Å². The molecule has 1 aromatic carbocycles. The largest absolute Gasteiger partial charge is 0.530 e. The molecular weight excluding hydrogens is 400 g/mol. The van der Waals surface area contributed by atoms with E-state index in [1.165, 1.54) is 12.1 Å². The van der Waals surface area contributed by atoms with Gasteiger partial charge in [-0.3, -0.25) is 4.79 Å². The molecule has 2 N–H and O–H groups in total. The normalized spacial score (nSPS) is 23.7. The molecule has 4 rings (SSSR count). The summed E-state index contributed by atoms with van der Waals surface area (Å²) in [4.78, 5) is 26.2. The van der Waals surface area contributed by atoms with Crippen LogP contribution in [0.2, 0.25) is 0 Å². The van der Waals surface area contributed by atoms with Crippen molar-refractivity contribution >= 4 is 17.5 Å². The third-order valence-corrected chi connectivity index (χ3v) is 6.18. The number of nitrogens with two attached hydrogens (primary N) is 1. The Balaban J connectivity index is 1.49. The van der Waals surface area contributed by atoms with E-state index in [1.807, 2.05) is 0 Å². The zero-order valence-corrected chi connectivity index (χ0v) is 17.3. The lowest BCUT2D eigenvalue weighted by molar-refractivity contribution is -0.122. The molecule has 1 saturated heterocycles. The van der Waals surface area contributed by atoms with Crippen LogP contribution in [0.25, 0.3) is 4.85 Å².